The van der Waals surface area contributed by atoms with Crippen molar-refractivity contribution in [2.24, 2.45) is 0 Å². The number of carbonyl (C=O) groups excluding carboxylic acids is 1. The van der Waals surface area contributed by atoms with E-state index in [1.165, 1.54) is 6.92 Å². The third kappa shape index (κ3) is 5.08. The van der Waals surface area contributed by atoms with Gasteiger partial charge in [0.2, 0.25) is 8.32 Å². The lowest BCUT2D eigenvalue weighted by atomic mass is 10.7. The molecule has 0 aromatic carbocycles. The van der Waals surface area contributed by atoms with Crippen LogP contribution in [0.5, 0.6) is 0 Å². The number of alkyl halides is 3. The number of carbonyl (C=O) groups is 1. The first-order valence-electron chi connectivity index (χ1n) is 8.53. The molecule has 150 valence electrons. The smallest absolute Gasteiger partial charge is 0.410 e. The van der Waals surface area contributed by atoms with Crippen molar-refractivity contribution in [2.45, 2.75) is 82.5 Å². The molecule has 25 heavy (non-hydrogen) atoms. The van der Waals surface area contributed by atoms with Gasteiger partial charge < -0.3 is 8.85 Å². The molecule has 0 saturated heterocycles. The fourth-order valence-corrected chi connectivity index (χ4v) is 52.7. The predicted molar refractivity (Wildman–Crippen MR) is 108 cm³/mol. The number of hydrogen-bond donors (Lipinski definition) is 0. The van der Waals surface area contributed by atoms with Crippen LogP contribution in [0.25, 0.3) is 0 Å². The maximum atomic E-state index is 12.9. The molecular weight excluding hydrogens is 398 g/mol. The summed E-state index contributed by atoms with van der Waals surface area (Å²) in [5.41, 5.74) is 0. The minimum Gasteiger partial charge on any atom is -0.520 e. The Bertz CT molecular complexity index is 478. The van der Waals surface area contributed by atoms with Crippen LogP contribution in [0.4, 0.5) is 13.2 Å². The SMILES string of the molecule is CC(=O)O[Si](C)(C)C([Si](C)(C)C)([Si](C)(C)C)[Si](C)(C)OCC(F)(F)F. The van der Waals surface area contributed by atoms with Crippen molar-refractivity contribution in [3.8, 4) is 0 Å². The summed E-state index contributed by atoms with van der Waals surface area (Å²) in [6, 6.07) is 0. The molecule has 0 spiro atoms. The second-order valence-electron chi connectivity index (χ2n) is 9.77. The molecule has 0 amide bonds. The van der Waals surface area contributed by atoms with Gasteiger partial charge in [-0.3, -0.25) is 4.79 Å². The van der Waals surface area contributed by atoms with E-state index in [1.54, 1.807) is 0 Å². The molecule has 0 rings (SSSR count). The molecule has 0 bridgehead atoms. The second-order valence-corrected chi connectivity index (χ2v) is 31.3. The van der Waals surface area contributed by atoms with Gasteiger partial charge in [0.25, 0.3) is 5.97 Å². The standard InChI is InChI=1S/C15H35F3O3Si4/c1-13(19)21-25(10,11)15(22(2,3)4,23(5,6)7)24(8,9)20-12-14(16,17)18/h12H2,1-11H3. The summed E-state index contributed by atoms with van der Waals surface area (Å²) in [5, 5.41) is 0. The normalized spacial score (nSPS) is 15.3. The molecule has 0 aromatic rings. The van der Waals surface area contributed by atoms with Crippen LogP contribution in [0, 0.1) is 0 Å². The third-order valence-electron chi connectivity index (χ3n) is 5.05. The van der Waals surface area contributed by atoms with Crippen LogP contribution in [0.1, 0.15) is 6.92 Å². The Morgan fingerprint density at radius 2 is 1.16 bits per heavy atom. The molecule has 0 aliphatic rings. The topological polar surface area (TPSA) is 35.5 Å². The van der Waals surface area contributed by atoms with Crippen LogP contribution in [0.2, 0.25) is 69.4 Å². The highest BCUT2D eigenvalue weighted by molar-refractivity contribution is 7.27. The highest BCUT2D eigenvalue weighted by Crippen LogP contribution is 2.60. The number of halogens is 3. The lowest BCUT2D eigenvalue weighted by Gasteiger charge is -2.63. The van der Waals surface area contributed by atoms with E-state index >= 15 is 0 Å². The molecule has 0 heterocycles. The number of hydrogen-bond acceptors (Lipinski definition) is 3. The first-order valence-corrected chi connectivity index (χ1v) is 21.3. The minimum atomic E-state index is -4.36. The molecule has 0 saturated carbocycles. The summed E-state index contributed by atoms with van der Waals surface area (Å²) in [6.45, 7) is 21.1. The average molecular weight is 433 g/mol. The van der Waals surface area contributed by atoms with Gasteiger partial charge in [0.1, 0.15) is 6.61 Å². The van der Waals surface area contributed by atoms with E-state index in [-0.39, 0.29) is 5.97 Å². The van der Waals surface area contributed by atoms with Crippen molar-refractivity contribution < 1.29 is 26.8 Å². The molecule has 0 unspecified atom stereocenters. The Morgan fingerprint density at radius 1 is 0.800 bits per heavy atom. The van der Waals surface area contributed by atoms with Crippen LogP contribution in [0.15, 0.2) is 0 Å². The van der Waals surface area contributed by atoms with E-state index in [0.29, 0.717) is 0 Å². The zero-order chi connectivity index (χ0) is 20.7. The van der Waals surface area contributed by atoms with Crippen molar-refractivity contribution in [1.29, 1.82) is 0 Å². The molecule has 0 fully saturated rings. The van der Waals surface area contributed by atoms with Gasteiger partial charge in [0.05, 0.1) is 0 Å². The third-order valence-corrected chi connectivity index (χ3v) is 39.2. The minimum absolute atomic E-state index is 0.349. The van der Waals surface area contributed by atoms with Crippen molar-refractivity contribution >= 4 is 38.8 Å². The quantitative estimate of drug-likeness (QED) is 0.493. The van der Waals surface area contributed by atoms with E-state index in [4.69, 9.17) is 8.85 Å². The monoisotopic (exact) mass is 432 g/mol. The first kappa shape index (κ1) is 25.1. The summed E-state index contributed by atoms with van der Waals surface area (Å²) in [6.07, 6.45) is -4.36. The molecule has 0 N–H and O–H groups in total. The van der Waals surface area contributed by atoms with Crippen LogP contribution < -0.4 is 0 Å². The van der Waals surface area contributed by atoms with Crippen molar-refractivity contribution in [3.05, 3.63) is 0 Å². The van der Waals surface area contributed by atoms with E-state index in [2.05, 4.69) is 39.3 Å². The molecule has 0 aliphatic heterocycles. The summed E-state index contributed by atoms with van der Waals surface area (Å²) in [4.78, 5) is 11.8. The number of rotatable bonds is 7. The highest BCUT2D eigenvalue weighted by Gasteiger charge is 2.72. The second kappa shape index (κ2) is 7.25. The molecule has 0 radical (unpaired) electrons. The largest absolute Gasteiger partial charge is 0.520 e. The average Bonchev–Trinajstić information content (AvgIpc) is 2.18. The summed E-state index contributed by atoms with van der Waals surface area (Å²) in [7, 11) is -9.76. The van der Waals surface area contributed by atoms with Gasteiger partial charge in [0, 0.05) is 27.0 Å². The van der Waals surface area contributed by atoms with Gasteiger partial charge in [-0.15, -0.1) is 0 Å². The lowest BCUT2D eigenvalue weighted by molar-refractivity contribution is -0.155. The lowest BCUT2D eigenvalue weighted by Crippen LogP contribution is -2.78. The molecule has 0 aromatic heterocycles. The zero-order valence-electron chi connectivity index (χ0n) is 17.6. The Balaban J connectivity index is 6.65. The van der Waals surface area contributed by atoms with Gasteiger partial charge in [0.15, 0.2) is 8.32 Å². The Morgan fingerprint density at radius 3 is 1.40 bits per heavy atom. The van der Waals surface area contributed by atoms with Crippen LogP contribution in [0.3, 0.4) is 0 Å². The Kier molecular flexibility index (Phi) is 7.27. The molecular formula is C15H35F3O3Si4. The molecule has 10 heteroatoms. The van der Waals surface area contributed by atoms with Gasteiger partial charge in [-0.05, 0) is 26.2 Å². The van der Waals surface area contributed by atoms with E-state index in [0.717, 1.165) is 0 Å². The van der Waals surface area contributed by atoms with Crippen molar-refractivity contribution in [3.63, 3.8) is 0 Å². The fourth-order valence-electron chi connectivity index (χ4n) is 6.27. The van der Waals surface area contributed by atoms with Crippen molar-refractivity contribution in [1.82, 2.24) is 0 Å². The zero-order valence-corrected chi connectivity index (χ0v) is 21.6. The summed E-state index contributed by atoms with van der Waals surface area (Å²) >= 11 is 0. The highest BCUT2D eigenvalue weighted by atomic mass is 28.5. The van der Waals surface area contributed by atoms with Gasteiger partial charge in [-0.25, -0.2) is 0 Å². The fraction of sp³-hybridized carbons (Fsp3) is 0.933. The van der Waals surface area contributed by atoms with E-state index < -0.39 is 49.5 Å². The van der Waals surface area contributed by atoms with Crippen LogP contribution in [-0.2, 0) is 13.6 Å². The van der Waals surface area contributed by atoms with Crippen molar-refractivity contribution in [2.75, 3.05) is 6.61 Å². The molecule has 0 atom stereocenters. The Hall–Kier alpha value is 0.0875. The van der Waals surface area contributed by atoms with Gasteiger partial charge in [-0.1, -0.05) is 39.3 Å². The van der Waals surface area contributed by atoms with E-state index in [9.17, 15) is 18.0 Å². The van der Waals surface area contributed by atoms with E-state index in [1.807, 2.05) is 26.2 Å². The van der Waals surface area contributed by atoms with Crippen LogP contribution >= 0.6 is 0 Å². The molecule has 0 aliphatic carbocycles. The summed E-state index contributed by atoms with van der Waals surface area (Å²) in [5.74, 6) is -0.349. The van der Waals surface area contributed by atoms with Crippen LogP contribution in [-0.4, -0.2) is 51.5 Å². The summed E-state index contributed by atoms with van der Waals surface area (Å²) < 4.78 is 50.0. The predicted octanol–water partition coefficient (Wildman–Crippen LogP) is 5.57. The maximum Gasteiger partial charge on any atom is 0.410 e. The molecule has 3 nitrogen and oxygen atoms in total. The first-order chi connectivity index (χ1) is 10.6. The maximum absolute atomic E-state index is 12.9. The Labute approximate surface area is 155 Å². The van der Waals surface area contributed by atoms with Gasteiger partial charge >= 0.3 is 6.18 Å². The van der Waals surface area contributed by atoms with Gasteiger partial charge in [-0.2, -0.15) is 13.2 Å².